The van der Waals surface area contributed by atoms with Crippen LogP contribution in [0, 0.1) is 6.92 Å². The summed E-state index contributed by atoms with van der Waals surface area (Å²) < 4.78 is 12.1. The molecular formula is C12H18BrNO2. The van der Waals surface area contributed by atoms with Crippen LogP contribution in [-0.2, 0) is 4.74 Å². The third-order valence-electron chi connectivity index (χ3n) is 2.23. The minimum Gasteiger partial charge on any atom is -0.491 e. The molecule has 1 rings (SSSR count). The SMILES string of the molecule is CCOC(CN)COc1ccc(Br)c(C)c1. The van der Waals surface area contributed by atoms with Gasteiger partial charge in [0.25, 0.3) is 0 Å². The molecule has 0 aromatic heterocycles. The highest BCUT2D eigenvalue weighted by Crippen LogP contribution is 2.21. The van der Waals surface area contributed by atoms with E-state index in [1.54, 1.807) is 0 Å². The molecule has 0 fully saturated rings. The highest BCUT2D eigenvalue weighted by Gasteiger charge is 2.07. The van der Waals surface area contributed by atoms with Crippen LogP contribution in [-0.4, -0.2) is 25.9 Å². The lowest BCUT2D eigenvalue weighted by Crippen LogP contribution is -2.30. The monoisotopic (exact) mass is 287 g/mol. The summed E-state index contributed by atoms with van der Waals surface area (Å²) in [5.41, 5.74) is 6.72. The molecule has 0 saturated heterocycles. The maximum absolute atomic E-state index is 5.62. The van der Waals surface area contributed by atoms with Crippen LogP contribution in [0.5, 0.6) is 5.75 Å². The first-order chi connectivity index (χ1) is 7.67. The van der Waals surface area contributed by atoms with E-state index < -0.39 is 0 Å². The molecular weight excluding hydrogens is 270 g/mol. The Bertz CT molecular complexity index is 331. The molecule has 0 spiro atoms. The van der Waals surface area contributed by atoms with Gasteiger partial charge in [0.1, 0.15) is 18.5 Å². The van der Waals surface area contributed by atoms with Crippen LogP contribution in [0.15, 0.2) is 22.7 Å². The van der Waals surface area contributed by atoms with Crippen LogP contribution >= 0.6 is 15.9 Å². The van der Waals surface area contributed by atoms with E-state index >= 15 is 0 Å². The van der Waals surface area contributed by atoms with Crippen molar-refractivity contribution in [2.24, 2.45) is 5.73 Å². The number of nitrogens with two attached hydrogens (primary N) is 1. The molecule has 16 heavy (non-hydrogen) atoms. The lowest BCUT2D eigenvalue weighted by molar-refractivity contribution is 0.0337. The highest BCUT2D eigenvalue weighted by molar-refractivity contribution is 9.10. The third-order valence-corrected chi connectivity index (χ3v) is 3.12. The first kappa shape index (κ1) is 13.5. The van der Waals surface area contributed by atoms with Gasteiger partial charge in [0.2, 0.25) is 0 Å². The Morgan fingerprint density at radius 3 is 2.75 bits per heavy atom. The van der Waals surface area contributed by atoms with Crippen LogP contribution in [0.1, 0.15) is 12.5 Å². The average Bonchev–Trinajstić information content (AvgIpc) is 2.28. The second kappa shape index (κ2) is 6.89. The molecule has 90 valence electrons. The summed E-state index contributed by atoms with van der Waals surface area (Å²) in [6.45, 7) is 5.60. The number of ether oxygens (including phenoxy) is 2. The van der Waals surface area contributed by atoms with Crippen LogP contribution in [0.2, 0.25) is 0 Å². The molecule has 1 aromatic carbocycles. The van der Waals surface area contributed by atoms with Gasteiger partial charge in [-0.2, -0.15) is 0 Å². The molecule has 1 unspecified atom stereocenters. The summed E-state index contributed by atoms with van der Waals surface area (Å²) in [4.78, 5) is 0. The van der Waals surface area contributed by atoms with Gasteiger partial charge >= 0.3 is 0 Å². The summed E-state index contributed by atoms with van der Waals surface area (Å²) >= 11 is 3.45. The van der Waals surface area contributed by atoms with Gasteiger partial charge in [0.05, 0.1) is 0 Å². The van der Waals surface area contributed by atoms with E-state index in [0.29, 0.717) is 19.8 Å². The molecule has 0 heterocycles. The first-order valence-electron chi connectivity index (χ1n) is 5.38. The number of hydrogen-bond acceptors (Lipinski definition) is 3. The van der Waals surface area contributed by atoms with Crippen molar-refractivity contribution in [3.05, 3.63) is 28.2 Å². The van der Waals surface area contributed by atoms with E-state index in [0.717, 1.165) is 15.8 Å². The van der Waals surface area contributed by atoms with Crippen molar-refractivity contribution in [2.45, 2.75) is 20.0 Å². The molecule has 0 aliphatic carbocycles. The zero-order valence-electron chi connectivity index (χ0n) is 9.70. The van der Waals surface area contributed by atoms with E-state index in [1.807, 2.05) is 32.0 Å². The molecule has 0 radical (unpaired) electrons. The Morgan fingerprint density at radius 1 is 1.44 bits per heavy atom. The van der Waals surface area contributed by atoms with E-state index in [2.05, 4.69) is 15.9 Å². The van der Waals surface area contributed by atoms with Crippen molar-refractivity contribution in [1.29, 1.82) is 0 Å². The first-order valence-corrected chi connectivity index (χ1v) is 6.17. The Kier molecular flexibility index (Phi) is 5.80. The normalized spacial score (nSPS) is 12.5. The van der Waals surface area contributed by atoms with Gasteiger partial charge < -0.3 is 15.2 Å². The Balaban J connectivity index is 2.50. The van der Waals surface area contributed by atoms with Crippen molar-refractivity contribution in [1.82, 2.24) is 0 Å². The third kappa shape index (κ3) is 4.12. The second-order valence-corrected chi connectivity index (χ2v) is 4.39. The fourth-order valence-corrected chi connectivity index (χ4v) is 1.56. The van der Waals surface area contributed by atoms with Crippen molar-refractivity contribution >= 4 is 15.9 Å². The largest absolute Gasteiger partial charge is 0.491 e. The summed E-state index contributed by atoms with van der Waals surface area (Å²) in [6.07, 6.45) is -0.0334. The molecule has 1 aromatic rings. The van der Waals surface area contributed by atoms with Gasteiger partial charge in [-0.3, -0.25) is 0 Å². The zero-order valence-corrected chi connectivity index (χ0v) is 11.3. The fourth-order valence-electron chi connectivity index (χ4n) is 1.32. The van der Waals surface area contributed by atoms with Gasteiger partial charge in [-0.25, -0.2) is 0 Å². The van der Waals surface area contributed by atoms with Crippen LogP contribution in [0.25, 0.3) is 0 Å². The molecule has 0 aliphatic rings. The van der Waals surface area contributed by atoms with E-state index in [4.69, 9.17) is 15.2 Å². The zero-order chi connectivity index (χ0) is 12.0. The second-order valence-electron chi connectivity index (χ2n) is 3.54. The summed E-state index contributed by atoms with van der Waals surface area (Å²) in [7, 11) is 0. The smallest absolute Gasteiger partial charge is 0.119 e. The standard InChI is InChI=1S/C12H18BrNO2/c1-3-15-11(7-14)8-16-10-4-5-12(13)9(2)6-10/h4-6,11H,3,7-8,14H2,1-2H3. The van der Waals surface area contributed by atoms with Crippen molar-refractivity contribution in [2.75, 3.05) is 19.8 Å². The number of hydrogen-bond donors (Lipinski definition) is 1. The predicted molar refractivity (Wildman–Crippen MR) is 68.8 cm³/mol. The number of aryl methyl sites for hydroxylation is 1. The molecule has 2 N–H and O–H groups in total. The van der Waals surface area contributed by atoms with Crippen LogP contribution in [0.4, 0.5) is 0 Å². The molecule has 0 amide bonds. The van der Waals surface area contributed by atoms with Crippen molar-refractivity contribution in [3.63, 3.8) is 0 Å². The minimum absolute atomic E-state index is 0.0334. The minimum atomic E-state index is -0.0334. The lowest BCUT2D eigenvalue weighted by Gasteiger charge is -2.16. The van der Waals surface area contributed by atoms with Gasteiger partial charge in [-0.05, 0) is 37.6 Å². The average molecular weight is 288 g/mol. The van der Waals surface area contributed by atoms with Crippen LogP contribution in [0.3, 0.4) is 0 Å². The van der Waals surface area contributed by atoms with Crippen molar-refractivity contribution < 1.29 is 9.47 Å². The van der Waals surface area contributed by atoms with E-state index in [-0.39, 0.29) is 6.10 Å². The summed E-state index contributed by atoms with van der Waals surface area (Å²) in [6, 6.07) is 5.89. The Morgan fingerprint density at radius 2 is 2.19 bits per heavy atom. The fraction of sp³-hybridized carbons (Fsp3) is 0.500. The molecule has 0 bridgehead atoms. The topological polar surface area (TPSA) is 44.5 Å². The maximum atomic E-state index is 5.62. The van der Waals surface area contributed by atoms with Gasteiger partial charge in [0, 0.05) is 17.6 Å². The molecule has 0 aliphatic heterocycles. The molecule has 0 saturated carbocycles. The predicted octanol–water partition coefficient (Wildman–Crippen LogP) is 2.50. The number of halogens is 1. The molecule has 1 atom stereocenters. The van der Waals surface area contributed by atoms with E-state index in [9.17, 15) is 0 Å². The number of benzene rings is 1. The summed E-state index contributed by atoms with van der Waals surface area (Å²) in [5.74, 6) is 0.846. The van der Waals surface area contributed by atoms with Gasteiger partial charge in [0.15, 0.2) is 0 Å². The molecule has 3 nitrogen and oxygen atoms in total. The quantitative estimate of drug-likeness (QED) is 0.874. The molecule has 4 heteroatoms. The van der Waals surface area contributed by atoms with Gasteiger partial charge in [-0.15, -0.1) is 0 Å². The van der Waals surface area contributed by atoms with Crippen molar-refractivity contribution in [3.8, 4) is 5.75 Å². The maximum Gasteiger partial charge on any atom is 0.119 e. The Hall–Kier alpha value is -0.580. The van der Waals surface area contributed by atoms with Gasteiger partial charge in [-0.1, -0.05) is 15.9 Å². The Labute approximate surface area is 105 Å². The van der Waals surface area contributed by atoms with Crippen LogP contribution < -0.4 is 10.5 Å². The summed E-state index contributed by atoms with van der Waals surface area (Å²) in [5, 5.41) is 0. The highest BCUT2D eigenvalue weighted by atomic mass is 79.9. The van der Waals surface area contributed by atoms with E-state index in [1.165, 1.54) is 0 Å². The lowest BCUT2D eigenvalue weighted by atomic mass is 10.2. The number of rotatable bonds is 6.